The second-order valence-electron chi connectivity index (χ2n) is 3.45. The minimum atomic E-state index is -0.510. The largest absolute Gasteiger partial charge is 0.462 e. The Morgan fingerprint density at radius 3 is 3.00 bits per heavy atom. The van der Waals surface area contributed by atoms with Crippen LogP contribution in [0.1, 0.15) is 26.7 Å². The standard InChI is InChI=1S/C11H15NO3/c1-3-14-11(13)10(7-12)9-4-5-15-8(2)6-9/h8H,3-6H2,1-2H3/b10-9+. The molecular formula is C11H15NO3. The van der Waals surface area contributed by atoms with Crippen LogP contribution in [0.5, 0.6) is 0 Å². The van der Waals surface area contributed by atoms with Gasteiger partial charge in [0.1, 0.15) is 11.6 Å². The van der Waals surface area contributed by atoms with E-state index in [1.54, 1.807) is 6.92 Å². The third-order valence-electron chi connectivity index (χ3n) is 2.28. The lowest BCUT2D eigenvalue weighted by Gasteiger charge is -2.22. The van der Waals surface area contributed by atoms with Crippen molar-refractivity contribution in [2.24, 2.45) is 0 Å². The van der Waals surface area contributed by atoms with Gasteiger partial charge < -0.3 is 9.47 Å². The predicted octanol–water partition coefficient (Wildman–Crippen LogP) is 1.57. The Morgan fingerprint density at radius 1 is 1.73 bits per heavy atom. The molecule has 0 aromatic rings. The first-order valence-electron chi connectivity index (χ1n) is 5.09. The minimum absolute atomic E-state index is 0.0755. The topological polar surface area (TPSA) is 59.3 Å². The number of rotatable bonds is 2. The molecule has 1 rings (SSSR count). The van der Waals surface area contributed by atoms with Gasteiger partial charge in [0.15, 0.2) is 0 Å². The number of hydrogen-bond acceptors (Lipinski definition) is 4. The van der Waals surface area contributed by atoms with Crippen LogP contribution in [-0.4, -0.2) is 25.3 Å². The minimum Gasteiger partial charge on any atom is -0.462 e. The summed E-state index contributed by atoms with van der Waals surface area (Å²) in [7, 11) is 0. The van der Waals surface area contributed by atoms with Crippen molar-refractivity contribution < 1.29 is 14.3 Å². The SMILES string of the molecule is CCOC(=O)/C(C#N)=C1\CCOC(C)C1. The van der Waals surface area contributed by atoms with Gasteiger partial charge in [0, 0.05) is 0 Å². The molecule has 1 unspecified atom stereocenters. The molecule has 1 aliphatic heterocycles. The molecule has 1 atom stereocenters. The summed E-state index contributed by atoms with van der Waals surface area (Å²) >= 11 is 0. The summed E-state index contributed by atoms with van der Waals surface area (Å²) in [5.41, 5.74) is 1.02. The van der Waals surface area contributed by atoms with Crippen LogP contribution in [0.4, 0.5) is 0 Å². The highest BCUT2D eigenvalue weighted by molar-refractivity contribution is 5.93. The quantitative estimate of drug-likeness (QED) is 0.393. The van der Waals surface area contributed by atoms with E-state index in [0.29, 0.717) is 26.1 Å². The average Bonchev–Trinajstić information content (AvgIpc) is 2.19. The molecule has 4 nitrogen and oxygen atoms in total. The average molecular weight is 209 g/mol. The van der Waals surface area contributed by atoms with E-state index in [-0.39, 0.29) is 11.7 Å². The molecular weight excluding hydrogens is 194 g/mol. The molecule has 0 bridgehead atoms. The van der Waals surface area contributed by atoms with Crippen molar-refractivity contribution in [1.29, 1.82) is 5.26 Å². The second kappa shape index (κ2) is 5.52. The summed E-state index contributed by atoms with van der Waals surface area (Å²) in [4.78, 5) is 11.4. The summed E-state index contributed by atoms with van der Waals surface area (Å²) < 4.78 is 10.2. The van der Waals surface area contributed by atoms with E-state index in [2.05, 4.69) is 0 Å². The van der Waals surface area contributed by atoms with Gasteiger partial charge in [0.25, 0.3) is 0 Å². The van der Waals surface area contributed by atoms with Gasteiger partial charge in [0.05, 0.1) is 19.3 Å². The number of carbonyl (C=O) groups is 1. The lowest BCUT2D eigenvalue weighted by Crippen LogP contribution is -2.20. The monoisotopic (exact) mass is 209 g/mol. The van der Waals surface area contributed by atoms with Gasteiger partial charge in [-0.15, -0.1) is 0 Å². The lowest BCUT2D eigenvalue weighted by atomic mass is 9.98. The van der Waals surface area contributed by atoms with Gasteiger partial charge in [0.2, 0.25) is 0 Å². The van der Waals surface area contributed by atoms with Crippen LogP contribution >= 0.6 is 0 Å². The summed E-state index contributed by atoms with van der Waals surface area (Å²) in [5, 5.41) is 8.91. The number of carbonyl (C=O) groups excluding carboxylic acids is 1. The Morgan fingerprint density at radius 2 is 2.47 bits per heavy atom. The predicted molar refractivity (Wildman–Crippen MR) is 53.9 cm³/mol. The molecule has 0 aromatic carbocycles. The number of esters is 1. The van der Waals surface area contributed by atoms with Crippen molar-refractivity contribution >= 4 is 5.97 Å². The zero-order valence-electron chi connectivity index (χ0n) is 9.08. The van der Waals surface area contributed by atoms with E-state index in [1.807, 2.05) is 13.0 Å². The normalized spacial score (nSPS) is 24.2. The fourth-order valence-electron chi connectivity index (χ4n) is 1.59. The van der Waals surface area contributed by atoms with Crippen LogP contribution in [0.15, 0.2) is 11.1 Å². The summed E-state index contributed by atoms with van der Waals surface area (Å²) in [6.07, 6.45) is 1.36. The van der Waals surface area contributed by atoms with E-state index in [4.69, 9.17) is 14.7 Å². The first-order chi connectivity index (χ1) is 7.19. The number of hydrogen-bond donors (Lipinski definition) is 0. The van der Waals surface area contributed by atoms with Crippen LogP contribution < -0.4 is 0 Å². The molecule has 82 valence electrons. The summed E-state index contributed by atoms with van der Waals surface area (Å²) in [5.74, 6) is -0.510. The molecule has 0 spiro atoms. The highest BCUT2D eigenvalue weighted by Crippen LogP contribution is 2.22. The van der Waals surface area contributed by atoms with Crippen LogP contribution in [0.2, 0.25) is 0 Å². The van der Waals surface area contributed by atoms with Crippen molar-refractivity contribution in [2.75, 3.05) is 13.2 Å². The summed E-state index contributed by atoms with van der Waals surface area (Å²) in [6.45, 7) is 4.52. The maximum atomic E-state index is 11.4. The van der Waals surface area contributed by atoms with Crippen LogP contribution in [0.25, 0.3) is 0 Å². The first-order valence-corrected chi connectivity index (χ1v) is 5.09. The first kappa shape index (κ1) is 11.7. The van der Waals surface area contributed by atoms with Crippen LogP contribution in [-0.2, 0) is 14.3 Å². The maximum Gasteiger partial charge on any atom is 0.348 e. The molecule has 4 heteroatoms. The molecule has 0 amide bonds. The zero-order valence-corrected chi connectivity index (χ0v) is 9.08. The third-order valence-corrected chi connectivity index (χ3v) is 2.28. The van der Waals surface area contributed by atoms with Gasteiger partial charge in [-0.2, -0.15) is 5.26 Å². The van der Waals surface area contributed by atoms with Gasteiger partial charge in [-0.25, -0.2) is 4.79 Å². The number of ether oxygens (including phenoxy) is 2. The number of nitriles is 1. The van der Waals surface area contributed by atoms with E-state index in [0.717, 1.165) is 5.57 Å². The van der Waals surface area contributed by atoms with Crippen molar-refractivity contribution in [3.05, 3.63) is 11.1 Å². The molecule has 0 aliphatic carbocycles. The molecule has 0 aromatic heterocycles. The lowest BCUT2D eigenvalue weighted by molar-refractivity contribution is -0.138. The molecule has 15 heavy (non-hydrogen) atoms. The van der Waals surface area contributed by atoms with Gasteiger partial charge in [-0.1, -0.05) is 0 Å². The van der Waals surface area contributed by atoms with Crippen molar-refractivity contribution in [3.63, 3.8) is 0 Å². The van der Waals surface area contributed by atoms with E-state index >= 15 is 0 Å². The Hall–Kier alpha value is -1.34. The van der Waals surface area contributed by atoms with E-state index in [1.165, 1.54) is 0 Å². The van der Waals surface area contributed by atoms with Crippen LogP contribution in [0, 0.1) is 11.3 Å². The zero-order chi connectivity index (χ0) is 11.3. The van der Waals surface area contributed by atoms with Crippen molar-refractivity contribution in [1.82, 2.24) is 0 Å². The maximum absolute atomic E-state index is 11.4. The highest BCUT2D eigenvalue weighted by Gasteiger charge is 2.21. The van der Waals surface area contributed by atoms with Gasteiger partial charge >= 0.3 is 5.97 Å². The molecule has 0 N–H and O–H groups in total. The Balaban J connectivity index is 2.83. The molecule has 1 heterocycles. The van der Waals surface area contributed by atoms with Crippen LogP contribution in [0.3, 0.4) is 0 Å². The number of nitrogens with zero attached hydrogens (tertiary/aromatic N) is 1. The molecule has 0 saturated carbocycles. The summed E-state index contributed by atoms with van der Waals surface area (Å²) in [6, 6.07) is 1.93. The van der Waals surface area contributed by atoms with E-state index in [9.17, 15) is 4.79 Å². The van der Waals surface area contributed by atoms with Crippen molar-refractivity contribution in [2.45, 2.75) is 32.8 Å². The fourth-order valence-corrected chi connectivity index (χ4v) is 1.59. The third kappa shape index (κ3) is 3.07. The van der Waals surface area contributed by atoms with Crippen molar-refractivity contribution in [3.8, 4) is 6.07 Å². The molecule has 1 fully saturated rings. The molecule has 1 saturated heterocycles. The van der Waals surface area contributed by atoms with Gasteiger partial charge in [-0.3, -0.25) is 0 Å². The Kier molecular flexibility index (Phi) is 4.32. The molecule has 0 radical (unpaired) electrons. The van der Waals surface area contributed by atoms with E-state index < -0.39 is 5.97 Å². The molecule has 1 aliphatic rings. The fraction of sp³-hybridized carbons (Fsp3) is 0.636. The smallest absolute Gasteiger partial charge is 0.348 e. The van der Waals surface area contributed by atoms with Gasteiger partial charge in [-0.05, 0) is 32.3 Å². The second-order valence-corrected chi connectivity index (χ2v) is 3.45. The Bertz CT molecular complexity index is 314. The highest BCUT2D eigenvalue weighted by atomic mass is 16.5. The Labute approximate surface area is 89.5 Å².